The van der Waals surface area contributed by atoms with Crippen LogP contribution in [0.5, 0.6) is 0 Å². The second-order valence-electron chi connectivity index (χ2n) is 13.5. The third-order valence-corrected chi connectivity index (χ3v) is 10.2. The minimum absolute atomic E-state index is 0.0306. The number of carbonyl (C=O) groups excluding carboxylic acids is 3. The number of nitrogens with zero attached hydrogens (tertiary/aromatic N) is 6. The Hall–Kier alpha value is -3.66. The van der Waals surface area contributed by atoms with E-state index in [0.29, 0.717) is 49.6 Å². The highest BCUT2D eigenvalue weighted by Gasteiger charge is 2.44. The number of β-amino-alcohol motifs (C(OH)–C–C–N with tert-alkyl or cyclic N) is 1. The molecule has 2 saturated heterocycles. The summed E-state index contributed by atoms with van der Waals surface area (Å²) in [6, 6.07) is 8.32. The second-order valence-corrected chi connectivity index (χ2v) is 15.1. The van der Waals surface area contributed by atoms with Crippen LogP contribution in [0.1, 0.15) is 38.4 Å². The SMILES string of the molecule is Cc1ncsc1-c1ccc(CCNC(=O)[C@@H]2C[C@H](O)CN2C(=O)[C@@H](NC(=O)CN2CCN(c3cc(Br)nnc3N)CC2)C(C)(C)C)cc1. The Morgan fingerprint density at radius 3 is 2.48 bits per heavy atom. The van der Waals surface area contributed by atoms with E-state index in [2.05, 4.69) is 58.8 Å². The smallest absolute Gasteiger partial charge is 0.246 e. The van der Waals surface area contributed by atoms with Gasteiger partial charge in [-0.15, -0.1) is 21.5 Å². The third-order valence-electron chi connectivity index (χ3n) is 8.81. The van der Waals surface area contributed by atoms with Crippen molar-refractivity contribution in [1.82, 2.24) is 35.6 Å². The number of aliphatic hydroxyl groups is 1. The van der Waals surface area contributed by atoms with Crippen LogP contribution in [0.3, 0.4) is 0 Å². The first-order valence-corrected chi connectivity index (χ1v) is 17.8. The number of thiazole rings is 1. The first kappa shape index (κ1) is 35.6. The molecule has 0 saturated carbocycles. The Bertz CT molecular complexity index is 1610. The Morgan fingerprint density at radius 2 is 1.83 bits per heavy atom. The molecule has 0 radical (unpaired) electrons. The predicted octanol–water partition coefficient (Wildman–Crippen LogP) is 2.23. The normalized spacial score (nSPS) is 19.3. The molecule has 2 aliphatic rings. The van der Waals surface area contributed by atoms with E-state index in [9.17, 15) is 19.5 Å². The highest BCUT2D eigenvalue weighted by atomic mass is 79.9. The van der Waals surface area contributed by atoms with Crippen molar-refractivity contribution in [2.75, 3.05) is 56.4 Å². The summed E-state index contributed by atoms with van der Waals surface area (Å²) in [6.07, 6.45) is -0.0647. The lowest BCUT2D eigenvalue weighted by Crippen LogP contribution is -2.59. The van der Waals surface area contributed by atoms with E-state index >= 15 is 0 Å². The summed E-state index contributed by atoms with van der Waals surface area (Å²) in [7, 11) is 0. The van der Waals surface area contributed by atoms with Gasteiger partial charge in [-0.25, -0.2) is 4.98 Å². The van der Waals surface area contributed by atoms with Crippen LogP contribution < -0.4 is 21.3 Å². The lowest BCUT2D eigenvalue weighted by atomic mass is 9.85. The largest absolute Gasteiger partial charge is 0.391 e. The molecular formula is C33H44BrN9O4S. The standard InChI is InChI=1S/C33H44BrN9O4S/c1-20-28(48-19-37-20)22-7-5-21(6-8-22)9-10-36-31(46)25-15-23(44)17-43(25)32(47)29(33(2,3)4)38-27(45)18-41-11-13-42(14-12-41)24-16-26(34)39-40-30(24)35/h5-8,16,19,23,25,29,44H,9-15,17-18H2,1-4H3,(H2,35,40)(H,36,46)(H,38,45)/t23-,25-,29+/m0/s1. The van der Waals surface area contributed by atoms with Gasteiger partial charge in [0.2, 0.25) is 17.7 Å². The van der Waals surface area contributed by atoms with Crippen LogP contribution in [0, 0.1) is 12.3 Å². The molecule has 5 N–H and O–H groups in total. The van der Waals surface area contributed by atoms with Crippen molar-refractivity contribution in [2.45, 2.75) is 58.7 Å². The molecule has 48 heavy (non-hydrogen) atoms. The summed E-state index contributed by atoms with van der Waals surface area (Å²) >= 11 is 4.94. The van der Waals surface area contributed by atoms with E-state index in [1.807, 2.05) is 56.3 Å². The van der Waals surface area contributed by atoms with Gasteiger partial charge in [0.05, 0.1) is 34.4 Å². The lowest BCUT2D eigenvalue weighted by molar-refractivity contribution is -0.144. The fourth-order valence-corrected chi connectivity index (χ4v) is 7.26. The molecule has 13 nitrogen and oxygen atoms in total. The summed E-state index contributed by atoms with van der Waals surface area (Å²) in [5.74, 6) is -0.618. The fraction of sp³-hybridized carbons (Fsp3) is 0.515. The van der Waals surface area contributed by atoms with Crippen LogP contribution in [0.15, 0.2) is 40.4 Å². The fourth-order valence-electron chi connectivity index (χ4n) is 6.15. The number of hydrogen-bond acceptors (Lipinski definition) is 11. The monoisotopic (exact) mass is 741 g/mol. The van der Waals surface area contributed by atoms with E-state index in [0.717, 1.165) is 27.4 Å². The van der Waals surface area contributed by atoms with Gasteiger partial charge in [0.25, 0.3) is 0 Å². The molecule has 2 fully saturated rings. The third kappa shape index (κ3) is 8.67. The molecule has 2 aromatic heterocycles. The molecule has 258 valence electrons. The highest BCUT2D eigenvalue weighted by Crippen LogP contribution is 2.29. The number of anilines is 2. The summed E-state index contributed by atoms with van der Waals surface area (Å²) < 4.78 is 0.598. The van der Waals surface area contributed by atoms with Crippen LogP contribution in [0.25, 0.3) is 10.4 Å². The maximum absolute atomic E-state index is 14.0. The number of rotatable bonds is 10. The van der Waals surface area contributed by atoms with Gasteiger partial charge in [-0.05, 0) is 51.9 Å². The Morgan fingerprint density at radius 1 is 1.12 bits per heavy atom. The Labute approximate surface area is 293 Å². The van der Waals surface area contributed by atoms with Crippen LogP contribution >= 0.6 is 27.3 Å². The van der Waals surface area contributed by atoms with Gasteiger partial charge in [0.1, 0.15) is 16.7 Å². The van der Waals surface area contributed by atoms with E-state index in [1.165, 1.54) is 4.90 Å². The van der Waals surface area contributed by atoms with Gasteiger partial charge in [0, 0.05) is 45.7 Å². The van der Waals surface area contributed by atoms with Crippen molar-refractivity contribution in [2.24, 2.45) is 5.41 Å². The molecule has 5 rings (SSSR count). The summed E-state index contributed by atoms with van der Waals surface area (Å²) in [5.41, 5.74) is 11.2. The first-order chi connectivity index (χ1) is 22.8. The number of benzene rings is 1. The number of amides is 3. The van der Waals surface area contributed by atoms with Gasteiger partial charge in [-0.1, -0.05) is 45.0 Å². The van der Waals surface area contributed by atoms with Crippen molar-refractivity contribution in [3.8, 4) is 10.4 Å². The lowest BCUT2D eigenvalue weighted by Gasteiger charge is -2.37. The predicted molar refractivity (Wildman–Crippen MR) is 189 cm³/mol. The first-order valence-electron chi connectivity index (χ1n) is 16.1. The highest BCUT2D eigenvalue weighted by molar-refractivity contribution is 9.10. The number of hydrogen-bond donors (Lipinski definition) is 4. The van der Waals surface area contributed by atoms with E-state index in [1.54, 1.807) is 11.3 Å². The number of carbonyl (C=O) groups is 3. The zero-order valence-corrected chi connectivity index (χ0v) is 30.2. The van der Waals surface area contributed by atoms with Gasteiger partial charge in [-0.2, -0.15) is 0 Å². The van der Waals surface area contributed by atoms with Crippen LogP contribution in [0.4, 0.5) is 11.5 Å². The second kappa shape index (κ2) is 15.3. The molecule has 15 heteroatoms. The van der Waals surface area contributed by atoms with E-state index in [4.69, 9.17) is 5.73 Å². The van der Waals surface area contributed by atoms with Crippen LogP contribution in [0.2, 0.25) is 0 Å². The van der Waals surface area contributed by atoms with Crippen molar-refractivity contribution < 1.29 is 19.5 Å². The average molecular weight is 743 g/mol. The van der Waals surface area contributed by atoms with Gasteiger partial charge in [-0.3, -0.25) is 19.3 Å². The van der Waals surface area contributed by atoms with Gasteiger partial charge < -0.3 is 31.3 Å². The number of aliphatic hydroxyl groups excluding tert-OH is 1. The number of nitrogens with one attached hydrogen (secondary N) is 2. The van der Waals surface area contributed by atoms with Crippen molar-refractivity contribution >= 4 is 56.5 Å². The molecule has 0 aliphatic carbocycles. The Kier molecular flexibility index (Phi) is 11.3. The average Bonchev–Trinajstić information content (AvgIpc) is 3.66. The molecule has 0 unspecified atom stereocenters. The van der Waals surface area contributed by atoms with Gasteiger partial charge in [0.15, 0.2) is 5.82 Å². The summed E-state index contributed by atoms with van der Waals surface area (Å²) in [5, 5.41) is 24.3. The molecule has 2 aliphatic heterocycles. The molecular weight excluding hydrogens is 698 g/mol. The molecule has 1 aromatic carbocycles. The molecule has 4 heterocycles. The van der Waals surface area contributed by atoms with Crippen molar-refractivity contribution in [1.29, 1.82) is 0 Å². The number of nitrogen functional groups attached to an aromatic ring is 1. The summed E-state index contributed by atoms with van der Waals surface area (Å²) in [4.78, 5) is 51.6. The molecule has 3 amide bonds. The van der Waals surface area contributed by atoms with Crippen LogP contribution in [-0.4, -0.2) is 112 Å². The number of likely N-dealkylation sites (tertiary alicyclic amines) is 1. The topological polar surface area (TPSA) is 170 Å². The number of nitrogens with two attached hydrogens (primary N) is 1. The minimum atomic E-state index is -0.882. The van der Waals surface area contributed by atoms with E-state index in [-0.39, 0.29) is 37.2 Å². The maximum atomic E-state index is 14.0. The number of aryl methyl sites for hydroxylation is 1. The molecule has 0 spiro atoms. The number of piperazine rings is 1. The minimum Gasteiger partial charge on any atom is -0.391 e. The number of aromatic nitrogens is 3. The quantitative estimate of drug-likeness (QED) is 0.242. The molecule has 3 aromatic rings. The van der Waals surface area contributed by atoms with Gasteiger partial charge >= 0.3 is 0 Å². The number of halogens is 1. The van der Waals surface area contributed by atoms with Crippen molar-refractivity contribution in [3.05, 3.63) is 51.7 Å². The maximum Gasteiger partial charge on any atom is 0.246 e. The Balaban J connectivity index is 1.14. The molecule has 3 atom stereocenters. The van der Waals surface area contributed by atoms with E-state index < -0.39 is 23.6 Å². The summed E-state index contributed by atoms with van der Waals surface area (Å²) in [6.45, 7) is 10.7. The zero-order valence-electron chi connectivity index (χ0n) is 27.8. The van der Waals surface area contributed by atoms with Crippen LogP contribution in [-0.2, 0) is 20.8 Å². The molecule has 0 bridgehead atoms. The zero-order chi connectivity index (χ0) is 34.6. The van der Waals surface area contributed by atoms with Crippen molar-refractivity contribution in [3.63, 3.8) is 0 Å².